The normalized spacial score (nSPS) is 19.6. The van der Waals surface area contributed by atoms with Crippen molar-refractivity contribution in [1.82, 2.24) is 10.6 Å². The number of carbonyl (C=O) groups excluding carboxylic acids is 1. The third-order valence-corrected chi connectivity index (χ3v) is 3.02. The van der Waals surface area contributed by atoms with E-state index in [1.807, 2.05) is 0 Å². The van der Waals surface area contributed by atoms with E-state index in [-0.39, 0.29) is 24.7 Å². The molecular weight excluding hydrogens is 328 g/mol. The minimum absolute atomic E-state index is 0. The summed E-state index contributed by atoms with van der Waals surface area (Å²) < 4.78 is 54.3. The molecule has 22 heavy (non-hydrogen) atoms. The van der Waals surface area contributed by atoms with E-state index in [1.165, 1.54) is 18.2 Å². The van der Waals surface area contributed by atoms with E-state index in [2.05, 4.69) is 15.4 Å². The van der Waals surface area contributed by atoms with Crippen LogP contribution in [0.3, 0.4) is 0 Å². The summed E-state index contributed by atoms with van der Waals surface area (Å²) in [6.45, 7) is -3.41. The molecule has 1 unspecified atom stereocenters. The van der Waals surface area contributed by atoms with Gasteiger partial charge in [0.05, 0.1) is 12.6 Å². The smallest absolute Gasteiger partial charge is 0.387 e. The second-order valence-electron chi connectivity index (χ2n) is 4.74. The zero-order chi connectivity index (χ0) is 15.5. The topological polar surface area (TPSA) is 50.4 Å². The van der Waals surface area contributed by atoms with Crippen molar-refractivity contribution in [3.63, 3.8) is 0 Å². The van der Waals surface area contributed by atoms with Crippen LogP contribution in [-0.4, -0.2) is 31.0 Å². The van der Waals surface area contributed by atoms with Gasteiger partial charge in [0, 0.05) is 13.0 Å². The molecule has 2 rings (SSSR count). The molecule has 2 N–H and O–H groups in total. The Labute approximate surface area is 130 Å². The molecule has 1 aromatic carbocycles. The van der Waals surface area contributed by atoms with E-state index in [0.717, 1.165) is 0 Å². The average Bonchev–Trinajstić information content (AvgIpc) is 2.76. The van der Waals surface area contributed by atoms with Crippen LogP contribution in [0.2, 0.25) is 0 Å². The number of rotatable bonds is 5. The lowest BCUT2D eigenvalue weighted by Gasteiger charge is -2.12. The standard InChI is InChI=1S/C13H14F4N2O2.ClH/c14-12(15)21-9-3-1-2-8(4-9)6-18-11(20)10-5-13(16,17)7-19-10;/h1-4,10,12,19H,5-7H2,(H,18,20);1H. The zero-order valence-corrected chi connectivity index (χ0v) is 12.1. The molecule has 0 saturated carbocycles. The number of nitrogens with one attached hydrogen (secondary N) is 2. The molecule has 0 aliphatic carbocycles. The van der Waals surface area contributed by atoms with Crippen molar-refractivity contribution in [1.29, 1.82) is 0 Å². The lowest BCUT2D eigenvalue weighted by molar-refractivity contribution is -0.123. The van der Waals surface area contributed by atoms with E-state index in [9.17, 15) is 22.4 Å². The number of benzene rings is 1. The van der Waals surface area contributed by atoms with Gasteiger partial charge in [0.2, 0.25) is 5.91 Å². The van der Waals surface area contributed by atoms with Gasteiger partial charge in [-0.25, -0.2) is 8.78 Å². The molecule has 1 atom stereocenters. The number of carbonyl (C=O) groups is 1. The van der Waals surface area contributed by atoms with E-state index in [4.69, 9.17) is 0 Å². The largest absolute Gasteiger partial charge is 0.435 e. The molecule has 1 aromatic rings. The highest BCUT2D eigenvalue weighted by atomic mass is 35.5. The Balaban J connectivity index is 0.00000242. The maximum absolute atomic E-state index is 13.0. The van der Waals surface area contributed by atoms with Crippen LogP contribution in [-0.2, 0) is 11.3 Å². The lowest BCUT2D eigenvalue weighted by atomic mass is 10.1. The minimum atomic E-state index is -2.93. The second kappa shape index (κ2) is 7.64. The monoisotopic (exact) mass is 342 g/mol. The first-order valence-corrected chi connectivity index (χ1v) is 6.28. The predicted octanol–water partition coefficient (Wildman–Crippen LogP) is 2.32. The van der Waals surface area contributed by atoms with Crippen LogP contribution in [0.15, 0.2) is 24.3 Å². The molecule has 1 saturated heterocycles. The van der Waals surface area contributed by atoms with E-state index < -0.39 is 37.4 Å². The Morgan fingerprint density at radius 2 is 2.18 bits per heavy atom. The molecule has 0 spiro atoms. The molecule has 1 aliphatic rings. The molecule has 124 valence electrons. The Morgan fingerprint density at radius 1 is 1.45 bits per heavy atom. The fraction of sp³-hybridized carbons (Fsp3) is 0.462. The van der Waals surface area contributed by atoms with E-state index in [1.54, 1.807) is 6.07 Å². The van der Waals surface area contributed by atoms with Crippen LogP contribution in [0.5, 0.6) is 5.75 Å². The average molecular weight is 343 g/mol. The molecule has 1 amide bonds. The van der Waals surface area contributed by atoms with Crippen LogP contribution >= 0.6 is 12.4 Å². The van der Waals surface area contributed by atoms with Crippen molar-refractivity contribution >= 4 is 18.3 Å². The molecule has 0 aromatic heterocycles. The first-order chi connectivity index (χ1) is 9.85. The van der Waals surface area contributed by atoms with Crippen molar-refractivity contribution in [2.45, 2.75) is 31.5 Å². The Morgan fingerprint density at radius 3 is 2.77 bits per heavy atom. The van der Waals surface area contributed by atoms with Crippen molar-refractivity contribution in [3.05, 3.63) is 29.8 Å². The van der Waals surface area contributed by atoms with Crippen molar-refractivity contribution in [2.75, 3.05) is 6.54 Å². The summed E-state index contributed by atoms with van der Waals surface area (Å²) in [5, 5.41) is 4.92. The summed E-state index contributed by atoms with van der Waals surface area (Å²) >= 11 is 0. The number of hydrogen-bond acceptors (Lipinski definition) is 3. The second-order valence-corrected chi connectivity index (χ2v) is 4.74. The Hall–Kier alpha value is -1.54. The third-order valence-electron chi connectivity index (χ3n) is 3.02. The van der Waals surface area contributed by atoms with Gasteiger partial charge in [-0.2, -0.15) is 8.78 Å². The highest BCUT2D eigenvalue weighted by molar-refractivity contribution is 5.85. The van der Waals surface area contributed by atoms with Gasteiger partial charge in [-0.15, -0.1) is 12.4 Å². The third kappa shape index (κ3) is 5.34. The van der Waals surface area contributed by atoms with E-state index >= 15 is 0 Å². The van der Waals surface area contributed by atoms with Crippen molar-refractivity contribution in [3.8, 4) is 5.75 Å². The van der Waals surface area contributed by atoms with Gasteiger partial charge >= 0.3 is 6.61 Å². The zero-order valence-electron chi connectivity index (χ0n) is 11.3. The molecule has 1 fully saturated rings. The quantitative estimate of drug-likeness (QED) is 0.808. The summed E-state index contributed by atoms with van der Waals surface area (Å²) in [6.07, 6.45) is -0.548. The summed E-state index contributed by atoms with van der Waals surface area (Å²) in [5.41, 5.74) is 0.534. The number of alkyl halides is 4. The van der Waals surface area contributed by atoms with Gasteiger partial charge < -0.3 is 10.1 Å². The highest BCUT2D eigenvalue weighted by Gasteiger charge is 2.42. The number of halogens is 5. The van der Waals surface area contributed by atoms with Gasteiger partial charge in [0.15, 0.2) is 0 Å². The number of ether oxygens (including phenoxy) is 1. The highest BCUT2D eigenvalue weighted by Crippen LogP contribution is 2.25. The Bertz CT molecular complexity index is 517. The fourth-order valence-electron chi connectivity index (χ4n) is 2.04. The first kappa shape index (κ1) is 18.5. The minimum Gasteiger partial charge on any atom is -0.435 e. The van der Waals surface area contributed by atoms with Gasteiger partial charge in [-0.1, -0.05) is 12.1 Å². The maximum Gasteiger partial charge on any atom is 0.387 e. The van der Waals surface area contributed by atoms with Crippen molar-refractivity contribution in [2.24, 2.45) is 0 Å². The SMILES string of the molecule is Cl.O=C(NCc1cccc(OC(F)F)c1)C1CC(F)(F)CN1. The van der Waals surface area contributed by atoms with Gasteiger partial charge in [0.1, 0.15) is 5.75 Å². The summed E-state index contributed by atoms with van der Waals surface area (Å²) in [4.78, 5) is 11.7. The lowest BCUT2D eigenvalue weighted by Crippen LogP contribution is -2.40. The molecule has 0 bridgehead atoms. The summed E-state index contributed by atoms with van der Waals surface area (Å²) in [5.74, 6) is -3.46. The Kier molecular flexibility index (Phi) is 6.43. The van der Waals surface area contributed by atoms with Crippen LogP contribution in [0, 0.1) is 0 Å². The number of amides is 1. The summed E-state index contributed by atoms with van der Waals surface area (Å²) in [7, 11) is 0. The van der Waals surface area contributed by atoms with Gasteiger partial charge in [0.25, 0.3) is 5.92 Å². The van der Waals surface area contributed by atoms with Crippen LogP contribution in [0.1, 0.15) is 12.0 Å². The molecule has 9 heteroatoms. The predicted molar refractivity (Wildman–Crippen MR) is 73.5 cm³/mol. The summed E-state index contributed by atoms with van der Waals surface area (Å²) in [6, 6.07) is 4.87. The van der Waals surface area contributed by atoms with Gasteiger partial charge in [-0.3, -0.25) is 10.1 Å². The molecule has 1 heterocycles. The molecule has 4 nitrogen and oxygen atoms in total. The first-order valence-electron chi connectivity index (χ1n) is 6.28. The fourth-order valence-corrected chi connectivity index (χ4v) is 2.04. The van der Waals surface area contributed by atoms with Gasteiger partial charge in [-0.05, 0) is 17.7 Å². The maximum atomic E-state index is 13.0. The van der Waals surface area contributed by atoms with Crippen LogP contribution < -0.4 is 15.4 Å². The molecule has 0 radical (unpaired) electrons. The van der Waals surface area contributed by atoms with Crippen LogP contribution in [0.25, 0.3) is 0 Å². The molecular formula is C13H15ClF4N2O2. The van der Waals surface area contributed by atoms with E-state index in [0.29, 0.717) is 5.56 Å². The van der Waals surface area contributed by atoms with Crippen molar-refractivity contribution < 1.29 is 27.1 Å². The number of hydrogen-bond donors (Lipinski definition) is 2. The molecule has 1 aliphatic heterocycles. The van der Waals surface area contributed by atoms with Crippen LogP contribution in [0.4, 0.5) is 17.6 Å².